The molecular weight excluding hydrogens is 497 g/mol. The second-order valence-corrected chi connectivity index (χ2v) is 11.9. The van der Waals surface area contributed by atoms with Crippen LogP contribution in [0.1, 0.15) is 51.5 Å². The second kappa shape index (κ2) is 10.0. The minimum absolute atomic E-state index is 0.116. The molecule has 4 bridgehead atoms. The van der Waals surface area contributed by atoms with Crippen molar-refractivity contribution in [2.24, 2.45) is 34.1 Å². The van der Waals surface area contributed by atoms with Crippen LogP contribution in [0.3, 0.4) is 0 Å². The number of pyridine rings is 1. The Morgan fingerprint density at radius 3 is 2.34 bits per heavy atom. The summed E-state index contributed by atoms with van der Waals surface area (Å²) >= 11 is 0. The van der Waals surface area contributed by atoms with Gasteiger partial charge in [-0.2, -0.15) is 23.4 Å². The lowest BCUT2D eigenvalue weighted by Gasteiger charge is -2.58. The quantitative estimate of drug-likeness (QED) is 0.324. The molecule has 2 unspecified atom stereocenters. The number of piperazine rings is 1. The third-order valence-corrected chi connectivity index (χ3v) is 9.23. The molecule has 4 aliphatic carbocycles. The van der Waals surface area contributed by atoms with Crippen LogP contribution in [0.25, 0.3) is 0 Å². The fourth-order valence-corrected chi connectivity index (χ4v) is 7.81. The number of aliphatic imine (C=N–C) groups is 1. The predicted octanol–water partition coefficient (Wildman–Crippen LogP) is 4.00. The third kappa shape index (κ3) is 4.95. The first-order chi connectivity index (χ1) is 18.0. The van der Waals surface area contributed by atoms with Gasteiger partial charge < -0.3 is 15.3 Å². The van der Waals surface area contributed by atoms with Crippen molar-refractivity contribution >= 4 is 17.6 Å². The van der Waals surface area contributed by atoms with Crippen molar-refractivity contribution in [3.63, 3.8) is 0 Å². The lowest BCUT2D eigenvalue weighted by molar-refractivity contribution is -0.166. The Morgan fingerprint density at radius 1 is 1.18 bits per heavy atom. The first kappa shape index (κ1) is 26.7. The fraction of sp³-hybridized carbons (Fsp3) is 0.704. The normalized spacial score (nSPS) is 32.3. The Balaban J connectivity index is 1.27. The Morgan fingerprint density at radius 2 is 1.84 bits per heavy atom. The minimum atomic E-state index is -4.41. The zero-order valence-electron chi connectivity index (χ0n) is 21.8. The molecule has 1 aromatic heterocycles. The largest absolute Gasteiger partial charge is 0.481 e. The molecule has 2 N–H and O–H groups in total. The number of aliphatic carboxylic acids is 1. The molecule has 1 aromatic rings. The molecule has 0 spiro atoms. The summed E-state index contributed by atoms with van der Waals surface area (Å²) in [7, 11) is 0. The maximum atomic E-state index is 12.9. The maximum Gasteiger partial charge on any atom is 0.417 e. The molecule has 1 aliphatic heterocycles. The average molecular weight is 533 g/mol. The summed E-state index contributed by atoms with van der Waals surface area (Å²) in [4.78, 5) is 24.7. The number of hydrogen-bond donors (Lipinski definition) is 2. The van der Waals surface area contributed by atoms with Gasteiger partial charge in [-0.3, -0.25) is 9.69 Å². The van der Waals surface area contributed by atoms with Gasteiger partial charge in [0.25, 0.3) is 0 Å². The van der Waals surface area contributed by atoms with Crippen LogP contribution in [0.4, 0.5) is 19.0 Å². The molecule has 2 heterocycles. The van der Waals surface area contributed by atoms with E-state index >= 15 is 0 Å². The summed E-state index contributed by atoms with van der Waals surface area (Å²) in [6.07, 6.45) is 2.63. The van der Waals surface area contributed by atoms with Crippen LogP contribution in [0.2, 0.25) is 0 Å². The van der Waals surface area contributed by atoms with Crippen molar-refractivity contribution in [1.29, 1.82) is 5.26 Å². The van der Waals surface area contributed by atoms with Gasteiger partial charge in [0.05, 0.1) is 17.0 Å². The number of halogens is 3. The number of rotatable bonds is 6. The number of nitriles is 1. The van der Waals surface area contributed by atoms with E-state index in [1.807, 2.05) is 11.1 Å². The minimum Gasteiger partial charge on any atom is -0.481 e. The number of alkyl halides is 3. The van der Waals surface area contributed by atoms with E-state index in [1.54, 1.807) is 0 Å². The molecule has 11 heteroatoms. The lowest BCUT2D eigenvalue weighted by Crippen LogP contribution is -2.64. The van der Waals surface area contributed by atoms with Crippen LogP contribution in [0.15, 0.2) is 23.3 Å². The van der Waals surface area contributed by atoms with Crippen molar-refractivity contribution in [1.82, 2.24) is 15.2 Å². The van der Waals surface area contributed by atoms with Crippen LogP contribution < -0.4 is 10.2 Å². The van der Waals surface area contributed by atoms with Gasteiger partial charge in [-0.1, -0.05) is 13.8 Å². The summed E-state index contributed by atoms with van der Waals surface area (Å²) in [5.74, 6) is 1.64. The Hall–Kier alpha value is -2.87. The van der Waals surface area contributed by atoms with Gasteiger partial charge in [0.15, 0.2) is 0 Å². The van der Waals surface area contributed by atoms with Crippen molar-refractivity contribution in [3.8, 4) is 6.19 Å². The Bertz CT molecular complexity index is 1090. The maximum absolute atomic E-state index is 12.9. The molecule has 8 nitrogen and oxygen atoms in total. The number of anilines is 1. The highest BCUT2D eigenvalue weighted by atomic mass is 19.4. The number of carbonyl (C=O) groups is 1. The summed E-state index contributed by atoms with van der Waals surface area (Å²) in [6.45, 7) is 6.69. The third-order valence-electron chi connectivity index (χ3n) is 9.23. The van der Waals surface area contributed by atoms with Gasteiger partial charge in [0.1, 0.15) is 11.7 Å². The zero-order valence-corrected chi connectivity index (χ0v) is 21.8. The Labute approximate surface area is 220 Å². The first-order valence-corrected chi connectivity index (χ1v) is 13.5. The van der Waals surface area contributed by atoms with Gasteiger partial charge in [-0.05, 0) is 67.9 Å². The predicted molar refractivity (Wildman–Crippen MR) is 135 cm³/mol. The monoisotopic (exact) mass is 532 g/mol. The number of carboxylic acids is 1. The van der Waals surface area contributed by atoms with E-state index in [0.717, 1.165) is 31.5 Å². The number of nitrogens with one attached hydrogen (secondary N) is 1. The van der Waals surface area contributed by atoms with Crippen molar-refractivity contribution in [3.05, 3.63) is 23.9 Å². The van der Waals surface area contributed by atoms with E-state index in [-0.39, 0.29) is 29.8 Å². The molecule has 5 fully saturated rings. The van der Waals surface area contributed by atoms with Gasteiger partial charge in [0.2, 0.25) is 6.19 Å². The van der Waals surface area contributed by atoms with E-state index in [1.165, 1.54) is 6.07 Å². The van der Waals surface area contributed by atoms with Gasteiger partial charge in [0, 0.05) is 38.4 Å². The molecule has 0 aromatic carbocycles. The molecule has 6 rings (SSSR count). The topological polar surface area (TPSA) is 105 Å². The van der Waals surface area contributed by atoms with Gasteiger partial charge in [-0.15, -0.1) is 0 Å². The average Bonchev–Trinajstić information content (AvgIpc) is 2.85. The van der Waals surface area contributed by atoms with E-state index in [9.17, 15) is 28.3 Å². The van der Waals surface area contributed by atoms with E-state index in [0.29, 0.717) is 56.6 Å². The fourth-order valence-electron chi connectivity index (χ4n) is 7.81. The molecule has 0 amide bonds. The van der Waals surface area contributed by atoms with Gasteiger partial charge in [-0.25, -0.2) is 4.98 Å². The first-order valence-electron chi connectivity index (χ1n) is 13.5. The highest BCUT2D eigenvalue weighted by Gasteiger charge is 2.59. The Kier molecular flexibility index (Phi) is 7.05. The van der Waals surface area contributed by atoms with Crippen LogP contribution in [0.5, 0.6) is 0 Å². The summed E-state index contributed by atoms with van der Waals surface area (Å²) < 4.78 is 38.7. The van der Waals surface area contributed by atoms with Crippen molar-refractivity contribution in [2.75, 3.05) is 31.1 Å². The molecule has 38 heavy (non-hydrogen) atoms. The number of amidine groups is 1. The molecule has 3 atom stereocenters. The number of aromatic nitrogens is 1. The SMILES string of the molecule is CC(C)[C@H](/C(=N/C#N)NC1C2CC3CC1CC(C(=O)O)(C3)C2)N1CCN(c2ccc(C(F)(F)F)cn2)CC1. The molecule has 1 saturated heterocycles. The van der Waals surface area contributed by atoms with Crippen LogP contribution in [-0.2, 0) is 11.0 Å². The number of hydrogen-bond acceptors (Lipinski definition) is 6. The van der Waals surface area contributed by atoms with Crippen LogP contribution in [0, 0.1) is 40.5 Å². The molecule has 0 radical (unpaired) electrons. The second-order valence-electron chi connectivity index (χ2n) is 11.9. The van der Waals surface area contributed by atoms with E-state index < -0.39 is 23.1 Å². The van der Waals surface area contributed by atoms with Crippen LogP contribution in [-0.4, -0.2) is 65.1 Å². The standard InChI is InChI=1S/C27H35F3N6O2/c1-16(2)23(36-7-5-35(6-8-36)21-4-3-20(14-32-21)27(28,29)30)24(33-15-31)34-22-18-9-17-10-19(22)13-26(11-17,12-18)25(37)38/h3-4,14,16-19,22-23H,5-13H2,1-2H3,(H,33,34)(H,37,38)/t17?,18?,19?,22?,23-,26?/m1/s1. The number of carboxylic acid groups (broad SMARTS) is 1. The smallest absolute Gasteiger partial charge is 0.417 e. The highest BCUT2D eigenvalue weighted by molar-refractivity contribution is 5.89. The molecule has 4 saturated carbocycles. The molecular formula is C27H35F3N6O2. The van der Waals surface area contributed by atoms with Crippen molar-refractivity contribution in [2.45, 2.75) is 64.2 Å². The number of nitrogens with zero attached hydrogens (tertiary/aromatic N) is 5. The van der Waals surface area contributed by atoms with Gasteiger partial charge >= 0.3 is 12.1 Å². The summed E-state index contributed by atoms with van der Waals surface area (Å²) in [5.41, 5.74) is -1.36. The summed E-state index contributed by atoms with van der Waals surface area (Å²) in [5, 5.41) is 23.2. The van der Waals surface area contributed by atoms with Crippen molar-refractivity contribution < 1.29 is 23.1 Å². The zero-order chi connectivity index (χ0) is 27.2. The lowest BCUT2D eigenvalue weighted by atomic mass is 9.48. The molecule has 5 aliphatic rings. The van der Waals surface area contributed by atoms with Crippen LogP contribution >= 0.6 is 0 Å². The summed E-state index contributed by atoms with van der Waals surface area (Å²) in [6, 6.07) is 2.47. The van der Waals surface area contributed by atoms with E-state index in [2.05, 4.69) is 34.0 Å². The highest BCUT2D eigenvalue weighted by Crippen LogP contribution is 2.60. The van der Waals surface area contributed by atoms with E-state index in [4.69, 9.17) is 0 Å². The molecule has 206 valence electrons.